The van der Waals surface area contributed by atoms with Gasteiger partial charge in [-0.2, -0.15) is 7.05 Å². The van der Waals surface area contributed by atoms with Crippen LogP contribution in [0.2, 0.25) is 0 Å². The monoisotopic (exact) mass is 158 g/mol. The van der Waals surface area contributed by atoms with Crippen molar-refractivity contribution in [2.24, 2.45) is 0 Å². The van der Waals surface area contributed by atoms with Gasteiger partial charge in [-0.1, -0.05) is 13.8 Å². The van der Waals surface area contributed by atoms with Crippen LogP contribution >= 0.6 is 0 Å². The molecule has 0 aromatic rings. The highest BCUT2D eigenvalue weighted by molar-refractivity contribution is 4.66. The molecule has 0 aliphatic carbocycles. The second-order valence-corrected chi connectivity index (χ2v) is 2.88. The molecule has 1 saturated heterocycles. The van der Waals surface area contributed by atoms with Crippen LogP contribution in [0, 0.1) is 7.05 Å². The Balaban J connectivity index is 0.000000461. The van der Waals surface area contributed by atoms with Crippen LogP contribution in [-0.4, -0.2) is 31.1 Å². The zero-order valence-corrected chi connectivity index (χ0v) is 8.14. The minimum atomic E-state index is 0.793. The summed E-state index contributed by atoms with van der Waals surface area (Å²) in [7, 11) is 5.97. The highest BCUT2D eigenvalue weighted by Gasteiger charge is 2.14. The molecule has 2 heteroatoms. The van der Waals surface area contributed by atoms with E-state index in [2.05, 4.69) is 24.3 Å². The molecule has 0 bridgehead atoms. The summed E-state index contributed by atoms with van der Waals surface area (Å²) in [6.45, 7) is 6.49. The van der Waals surface area contributed by atoms with Gasteiger partial charge in [0.1, 0.15) is 0 Å². The topological polar surface area (TPSA) is 19.9 Å². The average Bonchev–Trinajstić information content (AvgIpc) is 2.10. The van der Waals surface area contributed by atoms with Crippen molar-refractivity contribution in [3.63, 3.8) is 0 Å². The van der Waals surface area contributed by atoms with Crippen LogP contribution < -0.4 is 5.32 Å². The van der Waals surface area contributed by atoms with E-state index in [4.69, 9.17) is 0 Å². The van der Waals surface area contributed by atoms with Gasteiger partial charge in [0, 0.05) is 25.9 Å². The standard InChI is InChI=1S/C7H16N2.C2H6/c1-8-7-3-5-9(2)6-4-7;1-2/h7H,1,3-6,8H2,2H3;1-2H3. The first-order valence-electron chi connectivity index (χ1n) is 4.64. The summed E-state index contributed by atoms with van der Waals surface area (Å²) in [4.78, 5) is 2.38. The molecule has 0 saturated carbocycles. The van der Waals surface area contributed by atoms with Gasteiger partial charge in [0.05, 0.1) is 6.04 Å². The van der Waals surface area contributed by atoms with Gasteiger partial charge in [0.2, 0.25) is 0 Å². The van der Waals surface area contributed by atoms with E-state index >= 15 is 0 Å². The molecule has 1 aliphatic heterocycles. The molecule has 0 aromatic heterocycles. The number of rotatable bonds is 1. The van der Waals surface area contributed by atoms with Crippen LogP contribution in [0.3, 0.4) is 0 Å². The maximum absolute atomic E-state index is 3.79. The number of quaternary nitrogens is 1. The van der Waals surface area contributed by atoms with Gasteiger partial charge < -0.3 is 10.2 Å². The molecule has 0 aromatic carbocycles. The maximum atomic E-state index is 3.79. The van der Waals surface area contributed by atoms with Crippen LogP contribution in [-0.2, 0) is 0 Å². The van der Waals surface area contributed by atoms with Crippen molar-refractivity contribution in [2.45, 2.75) is 32.7 Å². The molecule has 68 valence electrons. The fourth-order valence-corrected chi connectivity index (χ4v) is 1.26. The predicted octanol–water partition coefficient (Wildman–Crippen LogP) is 0.462. The third-order valence-corrected chi connectivity index (χ3v) is 2.10. The lowest BCUT2D eigenvalue weighted by Gasteiger charge is -2.28. The van der Waals surface area contributed by atoms with Crippen molar-refractivity contribution in [1.82, 2.24) is 4.90 Å². The van der Waals surface area contributed by atoms with Crippen LogP contribution in [0.15, 0.2) is 0 Å². The lowest BCUT2D eigenvalue weighted by atomic mass is 10.1. The van der Waals surface area contributed by atoms with Gasteiger partial charge in [-0.25, -0.2) is 0 Å². The second-order valence-electron chi connectivity index (χ2n) is 2.88. The van der Waals surface area contributed by atoms with Crippen molar-refractivity contribution in [1.29, 1.82) is 0 Å². The predicted molar refractivity (Wildman–Crippen MR) is 49.1 cm³/mol. The Morgan fingerprint density at radius 2 is 1.73 bits per heavy atom. The molecule has 1 aliphatic rings. The van der Waals surface area contributed by atoms with E-state index in [9.17, 15) is 0 Å². The summed E-state index contributed by atoms with van der Waals surface area (Å²) in [5.41, 5.74) is 0. The molecule has 11 heavy (non-hydrogen) atoms. The third-order valence-electron chi connectivity index (χ3n) is 2.10. The SMILES string of the molecule is CC.[CH2-][NH2+]C1CCN(C)CC1. The van der Waals surface area contributed by atoms with Crippen LogP contribution in [0.1, 0.15) is 26.7 Å². The number of nitrogens with two attached hydrogens (primary N) is 1. The van der Waals surface area contributed by atoms with Crippen molar-refractivity contribution in [2.75, 3.05) is 20.1 Å². The zero-order chi connectivity index (χ0) is 8.69. The summed E-state index contributed by atoms with van der Waals surface area (Å²) in [6, 6.07) is 0.793. The second kappa shape index (κ2) is 6.62. The molecular formula is C9H22N2. The average molecular weight is 158 g/mol. The van der Waals surface area contributed by atoms with Gasteiger partial charge in [0.25, 0.3) is 0 Å². The molecule has 0 radical (unpaired) electrons. The lowest BCUT2D eigenvalue weighted by Crippen LogP contribution is -2.84. The summed E-state index contributed by atoms with van der Waals surface area (Å²) in [5, 5.41) is 2.09. The minimum Gasteiger partial charge on any atom is -0.476 e. The van der Waals surface area contributed by atoms with Gasteiger partial charge in [-0.3, -0.25) is 0 Å². The highest BCUT2D eigenvalue weighted by atomic mass is 15.1. The molecule has 0 amide bonds. The van der Waals surface area contributed by atoms with Crippen molar-refractivity contribution < 1.29 is 5.32 Å². The van der Waals surface area contributed by atoms with E-state index in [0.717, 1.165) is 6.04 Å². The Labute approximate surface area is 71.0 Å². The number of nitrogens with zero attached hydrogens (tertiary/aromatic N) is 1. The van der Waals surface area contributed by atoms with Crippen LogP contribution in [0.25, 0.3) is 0 Å². The molecular weight excluding hydrogens is 136 g/mol. The first kappa shape index (κ1) is 10.9. The van der Waals surface area contributed by atoms with E-state index in [1.54, 1.807) is 0 Å². The number of likely N-dealkylation sites (tertiary alicyclic amines) is 1. The fourth-order valence-electron chi connectivity index (χ4n) is 1.26. The van der Waals surface area contributed by atoms with Crippen LogP contribution in [0.5, 0.6) is 0 Å². The van der Waals surface area contributed by atoms with Gasteiger partial charge in [-0.15, -0.1) is 0 Å². The molecule has 0 atom stereocenters. The van der Waals surface area contributed by atoms with Gasteiger partial charge in [0.15, 0.2) is 0 Å². The summed E-state index contributed by atoms with van der Waals surface area (Å²) in [5.74, 6) is 0. The summed E-state index contributed by atoms with van der Waals surface area (Å²) >= 11 is 0. The Hall–Kier alpha value is -0.0800. The van der Waals surface area contributed by atoms with Crippen molar-refractivity contribution >= 4 is 0 Å². The van der Waals surface area contributed by atoms with E-state index in [1.807, 2.05) is 13.8 Å². The molecule has 0 spiro atoms. The summed E-state index contributed by atoms with van der Waals surface area (Å²) < 4.78 is 0. The minimum absolute atomic E-state index is 0.793. The van der Waals surface area contributed by atoms with E-state index in [-0.39, 0.29) is 0 Å². The zero-order valence-electron chi connectivity index (χ0n) is 8.14. The normalized spacial score (nSPS) is 20.7. The van der Waals surface area contributed by atoms with Crippen molar-refractivity contribution in [3.05, 3.63) is 7.05 Å². The third kappa shape index (κ3) is 4.38. The van der Waals surface area contributed by atoms with Crippen molar-refractivity contribution in [3.8, 4) is 0 Å². The maximum Gasteiger partial charge on any atom is 0.0644 e. The Morgan fingerprint density at radius 3 is 2.09 bits per heavy atom. The van der Waals surface area contributed by atoms with E-state index in [0.29, 0.717) is 0 Å². The van der Waals surface area contributed by atoms with E-state index < -0.39 is 0 Å². The number of piperidine rings is 1. The van der Waals surface area contributed by atoms with Gasteiger partial charge in [-0.05, 0) is 7.05 Å². The van der Waals surface area contributed by atoms with Crippen LogP contribution in [0.4, 0.5) is 0 Å². The highest BCUT2D eigenvalue weighted by Crippen LogP contribution is 2.03. The smallest absolute Gasteiger partial charge is 0.0644 e. The molecule has 0 unspecified atom stereocenters. The molecule has 1 fully saturated rings. The number of hydrogen-bond acceptors (Lipinski definition) is 1. The molecule has 1 heterocycles. The largest absolute Gasteiger partial charge is 0.476 e. The Bertz CT molecular complexity index is 75.6. The Kier molecular flexibility index (Phi) is 6.57. The van der Waals surface area contributed by atoms with Gasteiger partial charge >= 0.3 is 0 Å². The lowest BCUT2D eigenvalue weighted by molar-refractivity contribution is -0.637. The quantitative estimate of drug-likeness (QED) is 0.550. The Morgan fingerprint density at radius 1 is 1.27 bits per heavy atom. The molecule has 2 nitrogen and oxygen atoms in total. The fraction of sp³-hybridized carbons (Fsp3) is 0.889. The first-order chi connectivity index (χ1) is 5.33. The summed E-state index contributed by atoms with van der Waals surface area (Å²) in [6.07, 6.45) is 2.61. The molecule has 2 N–H and O–H groups in total. The molecule has 1 rings (SSSR count). The van der Waals surface area contributed by atoms with E-state index in [1.165, 1.54) is 25.9 Å². The number of hydrogen-bond donors (Lipinski definition) is 1. The first-order valence-corrected chi connectivity index (χ1v) is 4.64.